The van der Waals surface area contributed by atoms with Gasteiger partial charge >= 0.3 is 0 Å². The fourth-order valence-electron chi connectivity index (χ4n) is 14.5. The Morgan fingerprint density at radius 3 is 0.667 bits per heavy atom. The maximum atomic E-state index is 11.4. The van der Waals surface area contributed by atoms with Crippen LogP contribution in [-0.4, -0.2) is 119 Å². The SMILES string of the molecule is COc1cc(OC)cc(-c2cc[c-]c(-c3nccc4ccccc34)c2)c1.COc1cc(OC)cc(-c2cc[c-]c(-c3nccc4ccccc34)c2)c1.Oc1cccnc1-c1ncccc1O.Oc1cccnc1-c1ncccc1O.[Ir-3].[Ir-3].[Ir].[Ir].[O-]c1cccnc1-c1ncccc1O.[O-]c1cccnc1-c1ncccc1O.[c-]1ccccc1-c1nccc2ccccc12.[c-]1ccccc1-c1nccc2ccccc12. The minimum Gasteiger partial charge on any atom is -3.00 e. The van der Waals surface area contributed by atoms with E-state index in [0.717, 1.165) is 101 Å². The molecule has 10 aromatic carbocycles. The van der Waals surface area contributed by atoms with E-state index in [4.69, 9.17) is 18.9 Å². The zero-order valence-electron chi connectivity index (χ0n) is 77.1. The summed E-state index contributed by atoms with van der Waals surface area (Å²) >= 11 is 0. The monoisotopic (exact) mass is 2610 g/mol. The fourth-order valence-corrected chi connectivity index (χ4v) is 14.5. The average Bonchev–Trinajstić information content (AvgIpc) is 0.793. The van der Waals surface area contributed by atoms with E-state index in [1.807, 2.05) is 207 Å². The van der Waals surface area contributed by atoms with Gasteiger partial charge in [-0.3, -0.25) is 39.9 Å². The normalized spacial score (nSPS) is 10.1. The molecule has 2 radical (unpaired) electrons. The van der Waals surface area contributed by atoms with Gasteiger partial charge in [0.05, 0.1) is 39.8 Å². The summed E-state index contributed by atoms with van der Waals surface area (Å²) in [6, 6.07) is 118. The second-order valence-electron chi connectivity index (χ2n) is 30.2. The van der Waals surface area contributed by atoms with Crippen molar-refractivity contribution in [1.29, 1.82) is 0 Å². The van der Waals surface area contributed by atoms with Crippen LogP contribution in [0, 0.1) is 24.3 Å². The predicted molar refractivity (Wildman–Crippen MR) is 540 cm³/mol. The van der Waals surface area contributed by atoms with Crippen molar-refractivity contribution >= 4 is 43.1 Å². The van der Waals surface area contributed by atoms with Gasteiger partial charge in [0, 0.05) is 127 Å². The third-order valence-corrected chi connectivity index (χ3v) is 21.3. The van der Waals surface area contributed by atoms with Crippen LogP contribution in [0.5, 0.6) is 69.0 Å². The van der Waals surface area contributed by atoms with Gasteiger partial charge in [-0.05, 0) is 210 Å². The van der Waals surface area contributed by atoms with E-state index < -0.39 is 0 Å². The molecular formula is C116H86Ir4N12O12-12. The van der Waals surface area contributed by atoms with Crippen LogP contribution in [0.15, 0.2) is 414 Å². The molecule has 12 heterocycles. The molecule has 730 valence electrons. The minimum atomic E-state index is -0.249. The van der Waals surface area contributed by atoms with Gasteiger partial charge in [0.15, 0.2) is 0 Å². The molecule has 0 bridgehead atoms. The molecule has 0 saturated heterocycles. The molecule has 6 N–H and O–H groups in total. The molecule has 0 aliphatic rings. The van der Waals surface area contributed by atoms with Crippen molar-refractivity contribution in [3.8, 4) is 182 Å². The summed E-state index contributed by atoms with van der Waals surface area (Å²) in [6.45, 7) is 0. The van der Waals surface area contributed by atoms with Crippen LogP contribution >= 0.6 is 0 Å². The van der Waals surface area contributed by atoms with E-state index >= 15 is 0 Å². The predicted octanol–water partition coefficient (Wildman–Crippen LogP) is 23.1. The summed E-state index contributed by atoms with van der Waals surface area (Å²) in [5, 5.41) is 88.8. The van der Waals surface area contributed by atoms with Crippen LogP contribution < -0.4 is 29.2 Å². The number of methoxy groups -OCH3 is 4. The third kappa shape index (κ3) is 27.9. The Labute approximate surface area is 884 Å². The number of benzene rings is 10. The molecule has 0 spiro atoms. The molecule has 0 fully saturated rings. The maximum absolute atomic E-state index is 11.4. The largest absolute Gasteiger partial charge is 3.00 e. The number of hydrogen-bond acceptors (Lipinski definition) is 24. The van der Waals surface area contributed by atoms with Crippen LogP contribution in [0.3, 0.4) is 0 Å². The molecule has 22 rings (SSSR count). The number of aromatic hydroxyl groups is 6. The first-order valence-electron chi connectivity index (χ1n) is 43.5. The van der Waals surface area contributed by atoms with Gasteiger partial charge in [-0.1, -0.05) is 121 Å². The van der Waals surface area contributed by atoms with Crippen molar-refractivity contribution in [2.45, 2.75) is 0 Å². The number of ether oxygens (including phenoxy) is 4. The smallest absolute Gasteiger partial charge is 0.143 e. The molecule has 22 aromatic rings. The molecule has 0 aliphatic carbocycles. The van der Waals surface area contributed by atoms with Gasteiger partial charge < -0.3 is 120 Å². The van der Waals surface area contributed by atoms with E-state index in [9.17, 15) is 40.9 Å². The van der Waals surface area contributed by atoms with Crippen molar-refractivity contribution in [2.24, 2.45) is 0 Å². The number of pyridine rings is 12. The van der Waals surface area contributed by atoms with Crippen LogP contribution in [0.2, 0.25) is 0 Å². The van der Waals surface area contributed by atoms with Gasteiger partial charge in [0.25, 0.3) is 0 Å². The van der Waals surface area contributed by atoms with Gasteiger partial charge in [-0.25, -0.2) is 0 Å². The van der Waals surface area contributed by atoms with Crippen LogP contribution in [0.1, 0.15) is 0 Å². The summed E-state index contributed by atoms with van der Waals surface area (Å²) in [5.41, 5.74) is 13.9. The topological polar surface area (TPSA) is 359 Å². The first-order valence-corrected chi connectivity index (χ1v) is 43.5. The first kappa shape index (κ1) is 108. The van der Waals surface area contributed by atoms with Gasteiger partial charge in [-0.2, -0.15) is 0 Å². The van der Waals surface area contributed by atoms with Crippen molar-refractivity contribution < 1.29 is 140 Å². The van der Waals surface area contributed by atoms with Crippen LogP contribution in [0.25, 0.3) is 156 Å². The van der Waals surface area contributed by atoms with Crippen molar-refractivity contribution in [1.82, 2.24) is 59.8 Å². The molecule has 144 heavy (non-hydrogen) atoms. The summed E-state index contributed by atoms with van der Waals surface area (Å²) < 4.78 is 21.6. The second kappa shape index (κ2) is 54.1. The molecule has 24 nitrogen and oxygen atoms in total. The quantitative estimate of drug-likeness (QED) is 0.0551. The summed E-state index contributed by atoms with van der Waals surface area (Å²) in [4.78, 5) is 49.4. The average molecular weight is 2610 g/mol. The molecule has 0 aliphatic heterocycles. The van der Waals surface area contributed by atoms with Gasteiger partial charge in [0.1, 0.15) is 91.7 Å². The second-order valence-corrected chi connectivity index (χ2v) is 30.2. The van der Waals surface area contributed by atoms with E-state index in [-0.39, 0.29) is 172 Å². The molecular weight excluding hydrogens is 2520 g/mol. The Morgan fingerprint density at radius 2 is 0.424 bits per heavy atom. The zero-order chi connectivity index (χ0) is 97.3. The standard InChI is InChI=1S/2C23H18NO2.2C15H10N.4C10H8N2O2.4Ir/c2*1-25-20-13-19(14-21(15-20)26-2)17-7-5-8-18(12-17)23-22-9-4-3-6-16(22)10-11-24-23;2*1-2-7-13(8-3-1)15-14-9-5-4-6-12(14)10-11-16-15;4*13-7-3-1-5-11-9(7)10-8(14)4-2-6-12-10;;;;/h2*3-7,9-15H,1-2H3;2*1-7,9-11H;4*1-6,13-14H;;;;/q4*-1;;;;;;;2*-3/p-2. The van der Waals surface area contributed by atoms with Gasteiger partial charge in [-0.15, -0.1) is 143 Å². The minimum absolute atomic E-state index is 0. The van der Waals surface area contributed by atoms with E-state index in [0.29, 0.717) is 0 Å². The van der Waals surface area contributed by atoms with Gasteiger partial charge in [0.2, 0.25) is 0 Å². The fraction of sp³-hybridized carbons (Fsp3) is 0.0345. The first-order chi connectivity index (χ1) is 68.6. The third-order valence-electron chi connectivity index (χ3n) is 21.3. The van der Waals surface area contributed by atoms with Crippen molar-refractivity contribution in [2.75, 3.05) is 28.4 Å². The molecule has 0 amide bonds. The van der Waals surface area contributed by atoms with Crippen molar-refractivity contribution in [3.63, 3.8) is 0 Å². The Morgan fingerprint density at radius 1 is 0.201 bits per heavy atom. The number of fused-ring (bicyclic) bond motifs is 4. The van der Waals surface area contributed by atoms with E-state index in [1.165, 1.54) is 130 Å². The molecule has 0 saturated carbocycles. The van der Waals surface area contributed by atoms with E-state index in [1.54, 1.807) is 77.0 Å². The molecule has 0 atom stereocenters. The summed E-state index contributed by atoms with van der Waals surface area (Å²) in [5.74, 6) is 2.48. The van der Waals surface area contributed by atoms with Crippen LogP contribution in [-0.2, 0) is 80.4 Å². The Bertz CT molecular complexity index is 7080. The molecule has 28 heteroatoms. The zero-order valence-corrected chi connectivity index (χ0v) is 86.7. The maximum Gasteiger partial charge on any atom is 0.143 e. The van der Waals surface area contributed by atoms with Crippen LogP contribution in [0.4, 0.5) is 0 Å². The molecule has 0 unspecified atom stereocenters. The Hall–Kier alpha value is -16.8. The number of hydrogen-bond donors (Lipinski definition) is 6. The Kier molecular flexibility index (Phi) is 40.5. The molecule has 12 aromatic heterocycles. The van der Waals surface area contributed by atoms with Crippen molar-refractivity contribution in [3.05, 3.63) is 438 Å². The number of aromatic nitrogens is 12. The Balaban J connectivity index is 0.000000158. The number of nitrogens with zero attached hydrogens (tertiary/aromatic N) is 12. The van der Waals surface area contributed by atoms with E-state index in [2.05, 4.69) is 145 Å². The summed E-state index contributed by atoms with van der Waals surface area (Å²) in [6.07, 6.45) is 19.5. The summed E-state index contributed by atoms with van der Waals surface area (Å²) in [7, 11) is 6.62. The number of rotatable bonds is 14.